The molecule has 0 unspecified atom stereocenters. The molecule has 17 heavy (non-hydrogen) atoms. The predicted octanol–water partition coefficient (Wildman–Crippen LogP) is 1.51. The van der Waals surface area contributed by atoms with Crippen LogP contribution in [0.15, 0.2) is 12.4 Å². The molecule has 1 aromatic heterocycles. The van der Waals surface area contributed by atoms with Gasteiger partial charge in [0.05, 0.1) is 12.7 Å². The highest BCUT2D eigenvalue weighted by molar-refractivity contribution is 4.91. The largest absolute Gasteiger partial charge is 0.378 e. The molecule has 2 rings (SSSR count). The Balaban J connectivity index is 1.65. The van der Waals surface area contributed by atoms with Gasteiger partial charge in [0.15, 0.2) is 0 Å². The summed E-state index contributed by atoms with van der Waals surface area (Å²) < 4.78 is 7.98. The van der Waals surface area contributed by atoms with E-state index in [-0.39, 0.29) is 0 Å². The van der Waals surface area contributed by atoms with Gasteiger partial charge in [-0.3, -0.25) is 0 Å². The Morgan fingerprint density at radius 2 is 2.18 bits per heavy atom. The fourth-order valence-electron chi connectivity index (χ4n) is 2.47. The van der Waals surface area contributed by atoms with Crippen LogP contribution in [0.2, 0.25) is 0 Å². The van der Waals surface area contributed by atoms with E-state index < -0.39 is 0 Å². The molecule has 0 atom stereocenters. The predicted molar refractivity (Wildman–Crippen MR) is 68.0 cm³/mol. The zero-order chi connectivity index (χ0) is 12.1. The van der Waals surface area contributed by atoms with E-state index in [2.05, 4.69) is 14.9 Å². The smallest absolute Gasteiger partial charge is 0.110 e. The third kappa shape index (κ3) is 3.54. The van der Waals surface area contributed by atoms with Gasteiger partial charge in [0.25, 0.3) is 0 Å². The number of imidazole rings is 1. The number of aryl methyl sites for hydroxylation is 1. The van der Waals surface area contributed by atoms with E-state index in [1.165, 1.54) is 25.7 Å². The Bertz CT molecular complexity index is 329. The topological polar surface area (TPSA) is 39.1 Å². The van der Waals surface area contributed by atoms with Crippen LogP contribution in [-0.2, 0) is 18.2 Å². The summed E-state index contributed by atoms with van der Waals surface area (Å²) in [6, 6.07) is 0.699. The van der Waals surface area contributed by atoms with Crippen molar-refractivity contribution in [2.45, 2.75) is 44.2 Å². The lowest BCUT2D eigenvalue weighted by Gasteiger charge is -2.28. The van der Waals surface area contributed by atoms with Gasteiger partial charge in [-0.1, -0.05) is 0 Å². The molecule has 1 aliphatic carbocycles. The second-order valence-corrected chi connectivity index (χ2v) is 4.84. The number of hydrogen-bond donors (Lipinski definition) is 1. The summed E-state index contributed by atoms with van der Waals surface area (Å²) in [6.07, 6.45) is 10.0. The summed E-state index contributed by atoms with van der Waals surface area (Å²) >= 11 is 0. The lowest BCUT2D eigenvalue weighted by molar-refractivity contribution is 0.0240. The molecule has 96 valence electrons. The second kappa shape index (κ2) is 6.17. The van der Waals surface area contributed by atoms with Crippen LogP contribution < -0.4 is 5.32 Å². The average Bonchev–Trinajstić information content (AvgIpc) is 2.76. The van der Waals surface area contributed by atoms with Crippen molar-refractivity contribution in [3.05, 3.63) is 18.2 Å². The van der Waals surface area contributed by atoms with Crippen LogP contribution in [0.1, 0.15) is 31.5 Å². The minimum atomic E-state index is 0.458. The fraction of sp³-hybridized carbons (Fsp3) is 0.769. The highest BCUT2D eigenvalue weighted by atomic mass is 16.5. The third-order valence-corrected chi connectivity index (χ3v) is 3.68. The zero-order valence-corrected chi connectivity index (χ0v) is 10.9. The molecule has 1 aliphatic rings. The molecule has 0 aromatic carbocycles. The Morgan fingerprint density at radius 3 is 2.76 bits per heavy atom. The van der Waals surface area contributed by atoms with Crippen molar-refractivity contribution in [2.24, 2.45) is 7.05 Å². The summed E-state index contributed by atoms with van der Waals surface area (Å²) in [4.78, 5) is 4.30. The van der Waals surface area contributed by atoms with Gasteiger partial charge in [-0.15, -0.1) is 0 Å². The first-order valence-corrected chi connectivity index (χ1v) is 6.54. The van der Waals surface area contributed by atoms with E-state index in [4.69, 9.17) is 4.74 Å². The standard InChI is InChI=1S/C13H23N3O/c1-14-11-3-5-12(6-4-11)17-10-7-13-15-8-9-16(13)2/h8-9,11-12,14H,3-7,10H2,1-2H3. The molecule has 1 fully saturated rings. The first-order chi connectivity index (χ1) is 8.29. The summed E-state index contributed by atoms with van der Waals surface area (Å²) in [7, 11) is 4.08. The molecule has 1 aromatic rings. The second-order valence-electron chi connectivity index (χ2n) is 4.84. The minimum Gasteiger partial charge on any atom is -0.378 e. The van der Waals surface area contributed by atoms with E-state index in [1.54, 1.807) is 0 Å². The van der Waals surface area contributed by atoms with Crippen molar-refractivity contribution in [1.82, 2.24) is 14.9 Å². The molecule has 0 bridgehead atoms. The molecule has 1 saturated carbocycles. The van der Waals surface area contributed by atoms with Gasteiger partial charge in [0, 0.05) is 31.9 Å². The minimum absolute atomic E-state index is 0.458. The van der Waals surface area contributed by atoms with Gasteiger partial charge in [0.1, 0.15) is 5.82 Å². The fourth-order valence-corrected chi connectivity index (χ4v) is 2.47. The van der Waals surface area contributed by atoms with E-state index in [9.17, 15) is 0 Å². The molecular weight excluding hydrogens is 214 g/mol. The van der Waals surface area contributed by atoms with Crippen molar-refractivity contribution in [3.63, 3.8) is 0 Å². The van der Waals surface area contributed by atoms with Crippen molar-refractivity contribution < 1.29 is 4.74 Å². The van der Waals surface area contributed by atoms with E-state index in [1.807, 2.05) is 26.5 Å². The van der Waals surface area contributed by atoms with Crippen LogP contribution in [-0.4, -0.2) is 35.4 Å². The Hall–Kier alpha value is -0.870. The van der Waals surface area contributed by atoms with Crippen LogP contribution >= 0.6 is 0 Å². The van der Waals surface area contributed by atoms with Crippen LogP contribution in [0.5, 0.6) is 0 Å². The number of aromatic nitrogens is 2. The van der Waals surface area contributed by atoms with Gasteiger partial charge < -0.3 is 14.6 Å². The number of hydrogen-bond acceptors (Lipinski definition) is 3. The van der Waals surface area contributed by atoms with Crippen molar-refractivity contribution in [1.29, 1.82) is 0 Å². The molecule has 4 nitrogen and oxygen atoms in total. The van der Waals surface area contributed by atoms with Gasteiger partial charge >= 0.3 is 0 Å². The van der Waals surface area contributed by atoms with Gasteiger partial charge in [-0.2, -0.15) is 0 Å². The SMILES string of the molecule is CNC1CCC(OCCc2nccn2C)CC1. The monoisotopic (exact) mass is 237 g/mol. The van der Waals surface area contributed by atoms with Crippen molar-refractivity contribution in [3.8, 4) is 0 Å². The molecule has 1 N–H and O–H groups in total. The summed E-state index contributed by atoms with van der Waals surface area (Å²) in [5.41, 5.74) is 0. The van der Waals surface area contributed by atoms with Crippen molar-refractivity contribution in [2.75, 3.05) is 13.7 Å². The maximum absolute atomic E-state index is 5.92. The highest BCUT2D eigenvalue weighted by Crippen LogP contribution is 2.20. The number of nitrogens with one attached hydrogen (secondary N) is 1. The Morgan fingerprint density at radius 1 is 1.41 bits per heavy atom. The lowest BCUT2D eigenvalue weighted by Crippen LogP contribution is -2.33. The van der Waals surface area contributed by atoms with E-state index in [0.717, 1.165) is 18.9 Å². The molecule has 0 radical (unpaired) electrons. The van der Waals surface area contributed by atoms with Gasteiger partial charge in [-0.25, -0.2) is 4.98 Å². The van der Waals surface area contributed by atoms with Crippen molar-refractivity contribution >= 4 is 0 Å². The molecule has 0 amide bonds. The highest BCUT2D eigenvalue weighted by Gasteiger charge is 2.20. The Labute approximate surface area is 103 Å². The number of nitrogens with zero attached hydrogens (tertiary/aromatic N) is 2. The van der Waals surface area contributed by atoms with E-state index >= 15 is 0 Å². The lowest BCUT2D eigenvalue weighted by atomic mass is 9.93. The molecule has 1 heterocycles. The summed E-state index contributed by atoms with van der Waals surface area (Å²) in [6.45, 7) is 0.791. The molecule has 0 saturated heterocycles. The molecular formula is C13H23N3O. The molecule has 0 aliphatic heterocycles. The number of ether oxygens (including phenoxy) is 1. The first-order valence-electron chi connectivity index (χ1n) is 6.54. The first kappa shape index (κ1) is 12.6. The van der Waals surface area contributed by atoms with E-state index in [0.29, 0.717) is 12.1 Å². The normalized spacial score (nSPS) is 25.1. The Kier molecular flexibility index (Phi) is 4.57. The summed E-state index contributed by atoms with van der Waals surface area (Å²) in [5, 5.41) is 3.34. The van der Waals surface area contributed by atoms with Crippen LogP contribution in [0, 0.1) is 0 Å². The molecule has 4 heteroatoms. The third-order valence-electron chi connectivity index (χ3n) is 3.68. The maximum atomic E-state index is 5.92. The average molecular weight is 237 g/mol. The number of rotatable bonds is 5. The van der Waals surface area contributed by atoms with Crippen LogP contribution in [0.25, 0.3) is 0 Å². The summed E-state index contributed by atoms with van der Waals surface area (Å²) in [5.74, 6) is 1.11. The van der Waals surface area contributed by atoms with Crippen LogP contribution in [0.4, 0.5) is 0 Å². The van der Waals surface area contributed by atoms with Crippen LogP contribution in [0.3, 0.4) is 0 Å². The zero-order valence-electron chi connectivity index (χ0n) is 10.9. The van der Waals surface area contributed by atoms with Gasteiger partial charge in [-0.05, 0) is 32.7 Å². The molecule has 0 spiro atoms. The van der Waals surface area contributed by atoms with Gasteiger partial charge in [0.2, 0.25) is 0 Å². The maximum Gasteiger partial charge on any atom is 0.110 e. The quantitative estimate of drug-likeness (QED) is 0.843.